The fourth-order valence-electron chi connectivity index (χ4n) is 1.43. The van der Waals surface area contributed by atoms with Gasteiger partial charge in [0.2, 0.25) is 0 Å². The second-order valence-corrected chi connectivity index (χ2v) is 4.75. The topological polar surface area (TPSA) is 72.5 Å². The van der Waals surface area contributed by atoms with Gasteiger partial charge in [-0.1, -0.05) is 6.07 Å². The third kappa shape index (κ3) is 3.08. The molecule has 1 atom stereocenters. The van der Waals surface area contributed by atoms with Gasteiger partial charge in [-0.25, -0.2) is 0 Å². The fraction of sp³-hybridized carbons (Fsp3) is 0.364. The Morgan fingerprint density at radius 1 is 1.62 bits per heavy atom. The average molecular weight is 335 g/mol. The fourth-order valence-corrected chi connectivity index (χ4v) is 2.27. The van der Waals surface area contributed by atoms with Crippen LogP contribution in [0.3, 0.4) is 0 Å². The summed E-state index contributed by atoms with van der Waals surface area (Å²) < 4.78 is 5.29. The number of hydrogen-bond acceptors (Lipinski definition) is 4. The van der Waals surface area contributed by atoms with Gasteiger partial charge >= 0.3 is 5.97 Å². The highest BCUT2D eigenvalue weighted by atomic mass is 127. The van der Waals surface area contributed by atoms with Gasteiger partial charge in [0.1, 0.15) is 11.8 Å². The van der Waals surface area contributed by atoms with Gasteiger partial charge in [-0.2, -0.15) is 0 Å². The lowest BCUT2D eigenvalue weighted by Crippen LogP contribution is -2.33. The van der Waals surface area contributed by atoms with Crippen molar-refractivity contribution in [2.45, 2.75) is 19.4 Å². The summed E-state index contributed by atoms with van der Waals surface area (Å²) in [6.45, 7) is 1.93. The second kappa shape index (κ2) is 5.49. The number of carbonyl (C=O) groups is 1. The number of aromatic hydroxyl groups is 1. The lowest BCUT2D eigenvalue weighted by molar-refractivity contribution is -0.142. The molecule has 0 aliphatic rings. The predicted octanol–water partition coefficient (Wildman–Crippen LogP) is 1.35. The van der Waals surface area contributed by atoms with Gasteiger partial charge in [0, 0.05) is 6.42 Å². The predicted molar refractivity (Wildman–Crippen MR) is 69.3 cm³/mol. The molecule has 1 unspecified atom stereocenters. The summed E-state index contributed by atoms with van der Waals surface area (Å²) >= 11 is 2.04. The molecule has 0 aliphatic carbocycles. The normalized spacial score (nSPS) is 12.2. The van der Waals surface area contributed by atoms with E-state index in [0.29, 0.717) is 5.56 Å². The number of phenolic OH excluding ortho intramolecular Hbond substituents is 1. The van der Waals surface area contributed by atoms with E-state index in [4.69, 9.17) is 5.73 Å². The molecule has 0 fully saturated rings. The SMILES string of the molecule is COC(=O)C(N)Cc1cc(C)cc(I)c1O. The Kier molecular flexibility index (Phi) is 4.55. The summed E-state index contributed by atoms with van der Waals surface area (Å²) in [5.74, 6) is -0.290. The molecule has 0 amide bonds. The maximum Gasteiger partial charge on any atom is 0.322 e. The number of ether oxygens (including phenoxy) is 1. The van der Waals surface area contributed by atoms with Crippen molar-refractivity contribution in [3.05, 3.63) is 26.8 Å². The molecule has 0 saturated heterocycles. The largest absolute Gasteiger partial charge is 0.507 e. The lowest BCUT2D eigenvalue weighted by atomic mass is 10.0. The summed E-state index contributed by atoms with van der Waals surface area (Å²) in [5.41, 5.74) is 7.33. The van der Waals surface area contributed by atoms with Crippen molar-refractivity contribution in [2.24, 2.45) is 5.73 Å². The van der Waals surface area contributed by atoms with Crippen LogP contribution < -0.4 is 5.73 Å². The first kappa shape index (κ1) is 13.2. The molecule has 0 radical (unpaired) electrons. The number of rotatable bonds is 3. The van der Waals surface area contributed by atoms with E-state index in [-0.39, 0.29) is 12.2 Å². The van der Waals surface area contributed by atoms with Crippen molar-refractivity contribution in [2.75, 3.05) is 7.11 Å². The van der Waals surface area contributed by atoms with E-state index in [1.807, 2.05) is 41.6 Å². The van der Waals surface area contributed by atoms with Crippen molar-refractivity contribution in [1.82, 2.24) is 0 Å². The Morgan fingerprint density at radius 2 is 2.25 bits per heavy atom. The van der Waals surface area contributed by atoms with Gasteiger partial charge in [-0.05, 0) is 46.7 Å². The smallest absolute Gasteiger partial charge is 0.322 e. The number of benzene rings is 1. The van der Waals surface area contributed by atoms with Crippen molar-refractivity contribution in [3.8, 4) is 5.75 Å². The Balaban J connectivity index is 2.93. The molecule has 1 rings (SSSR count). The highest BCUT2D eigenvalue weighted by Gasteiger charge is 2.17. The van der Waals surface area contributed by atoms with Crippen LogP contribution in [0.15, 0.2) is 12.1 Å². The molecule has 0 saturated carbocycles. The minimum atomic E-state index is -0.742. The van der Waals surface area contributed by atoms with Gasteiger partial charge in [-0.3, -0.25) is 4.79 Å². The number of phenols is 1. The van der Waals surface area contributed by atoms with E-state index in [9.17, 15) is 9.90 Å². The molecule has 3 N–H and O–H groups in total. The first-order valence-electron chi connectivity index (χ1n) is 4.77. The van der Waals surface area contributed by atoms with Crippen LogP contribution in [0.2, 0.25) is 0 Å². The molecule has 4 nitrogen and oxygen atoms in total. The molecular weight excluding hydrogens is 321 g/mol. The molecule has 1 aromatic rings. The standard InChI is InChI=1S/C11H14INO3/c1-6-3-7(10(14)8(12)4-6)5-9(13)11(15)16-2/h3-4,9,14H,5,13H2,1-2H3. The van der Waals surface area contributed by atoms with Crippen LogP contribution >= 0.6 is 22.6 Å². The Morgan fingerprint density at radius 3 is 2.81 bits per heavy atom. The van der Waals surface area contributed by atoms with Crippen molar-refractivity contribution in [1.29, 1.82) is 0 Å². The van der Waals surface area contributed by atoms with Gasteiger partial charge in [0.05, 0.1) is 10.7 Å². The molecule has 0 aliphatic heterocycles. The molecule has 88 valence electrons. The van der Waals surface area contributed by atoms with Crippen molar-refractivity contribution < 1.29 is 14.6 Å². The van der Waals surface area contributed by atoms with Crippen molar-refractivity contribution >= 4 is 28.6 Å². The molecule has 5 heteroatoms. The average Bonchev–Trinajstić information content (AvgIpc) is 2.23. The lowest BCUT2D eigenvalue weighted by Gasteiger charge is -2.12. The minimum Gasteiger partial charge on any atom is -0.507 e. The summed E-state index contributed by atoms with van der Waals surface area (Å²) in [6.07, 6.45) is 0.274. The first-order chi connectivity index (χ1) is 7.45. The minimum absolute atomic E-state index is 0.186. The van der Waals surface area contributed by atoms with Gasteiger partial charge in [0.15, 0.2) is 0 Å². The summed E-state index contributed by atoms with van der Waals surface area (Å²) in [4.78, 5) is 11.2. The number of nitrogens with two attached hydrogens (primary N) is 1. The van der Waals surface area contributed by atoms with E-state index in [1.165, 1.54) is 7.11 Å². The van der Waals surface area contributed by atoms with Gasteiger partial charge in [-0.15, -0.1) is 0 Å². The van der Waals surface area contributed by atoms with Crippen LogP contribution in [0.1, 0.15) is 11.1 Å². The van der Waals surface area contributed by atoms with E-state index >= 15 is 0 Å². The molecule has 0 aromatic heterocycles. The number of halogens is 1. The van der Waals surface area contributed by atoms with Crippen LogP contribution in [0.25, 0.3) is 0 Å². The number of aryl methyl sites for hydroxylation is 1. The maximum atomic E-state index is 11.2. The zero-order valence-electron chi connectivity index (χ0n) is 9.16. The van der Waals surface area contributed by atoms with Crippen molar-refractivity contribution in [3.63, 3.8) is 0 Å². The van der Waals surface area contributed by atoms with Gasteiger partial charge < -0.3 is 15.6 Å². The monoisotopic (exact) mass is 335 g/mol. The summed E-state index contributed by atoms with van der Waals surface area (Å²) in [5, 5.41) is 9.81. The van der Waals surface area contributed by atoms with Crippen LogP contribution in [0.5, 0.6) is 5.75 Å². The highest BCUT2D eigenvalue weighted by Crippen LogP contribution is 2.26. The third-order valence-electron chi connectivity index (χ3n) is 2.23. The van der Waals surface area contributed by atoms with Crippen LogP contribution in [-0.4, -0.2) is 24.2 Å². The van der Waals surface area contributed by atoms with Crippen LogP contribution in [-0.2, 0) is 16.0 Å². The Bertz CT molecular complexity index is 406. The molecule has 0 heterocycles. The van der Waals surface area contributed by atoms with E-state index < -0.39 is 12.0 Å². The maximum absolute atomic E-state index is 11.2. The number of hydrogen-bond donors (Lipinski definition) is 2. The summed E-state index contributed by atoms with van der Waals surface area (Å²) in [6, 6.07) is 2.94. The second-order valence-electron chi connectivity index (χ2n) is 3.59. The first-order valence-corrected chi connectivity index (χ1v) is 5.85. The van der Waals surface area contributed by atoms with Crippen LogP contribution in [0.4, 0.5) is 0 Å². The Hall–Kier alpha value is -0.820. The van der Waals surface area contributed by atoms with E-state index in [2.05, 4.69) is 4.74 Å². The zero-order chi connectivity index (χ0) is 12.3. The molecule has 0 bridgehead atoms. The molecule has 1 aromatic carbocycles. The zero-order valence-corrected chi connectivity index (χ0v) is 11.3. The highest BCUT2D eigenvalue weighted by molar-refractivity contribution is 14.1. The molecule has 16 heavy (non-hydrogen) atoms. The van der Waals surface area contributed by atoms with E-state index in [1.54, 1.807) is 0 Å². The Labute approximate surface area is 108 Å². The number of esters is 1. The molecule has 0 spiro atoms. The summed E-state index contributed by atoms with van der Waals surface area (Å²) in [7, 11) is 1.29. The quantitative estimate of drug-likeness (QED) is 0.646. The van der Waals surface area contributed by atoms with Crippen LogP contribution in [0, 0.1) is 10.5 Å². The number of methoxy groups -OCH3 is 1. The molecular formula is C11H14INO3. The van der Waals surface area contributed by atoms with E-state index in [0.717, 1.165) is 9.13 Å². The van der Waals surface area contributed by atoms with Gasteiger partial charge in [0.25, 0.3) is 0 Å². The third-order valence-corrected chi connectivity index (χ3v) is 3.05. The number of carbonyl (C=O) groups excluding carboxylic acids is 1.